The lowest BCUT2D eigenvalue weighted by molar-refractivity contribution is 0.606. The minimum Gasteiger partial charge on any atom is -0.241 e. The van der Waals surface area contributed by atoms with Crippen LogP contribution in [0, 0.1) is 0 Å². The second kappa shape index (κ2) is 4.05. The summed E-state index contributed by atoms with van der Waals surface area (Å²) in [5.41, 5.74) is 2.35. The van der Waals surface area contributed by atoms with Gasteiger partial charge in [0.15, 0.2) is 0 Å². The quantitative estimate of drug-likeness (QED) is 0.597. The predicted molar refractivity (Wildman–Crippen MR) is 52.9 cm³/mol. The van der Waals surface area contributed by atoms with Gasteiger partial charge in [0, 0.05) is 11.3 Å². The van der Waals surface area contributed by atoms with Gasteiger partial charge < -0.3 is 0 Å². The molecule has 1 aromatic heterocycles. The highest BCUT2D eigenvalue weighted by atomic mass is 35.5. The Morgan fingerprint density at radius 1 is 1.00 bits per heavy atom. The van der Waals surface area contributed by atoms with Crippen molar-refractivity contribution in [2.75, 3.05) is 0 Å². The molecule has 1 heterocycles. The Morgan fingerprint density at radius 3 is 2.62 bits per heavy atom. The Morgan fingerprint density at radius 2 is 1.77 bits per heavy atom. The molecule has 2 rings (SSSR count). The highest BCUT2D eigenvalue weighted by molar-refractivity contribution is 6.30. The second-order valence-corrected chi connectivity index (χ2v) is 3.86. The van der Waals surface area contributed by atoms with Gasteiger partial charge in [0.2, 0.25) is 0 Å². The molecule has 0 radical (unpaired) electrons. The molecule has 1 aliphatic carbocycles. The largest absolute Gasteiger partial charge is 0.241 e. The third-order valence-corrected chi connectivity index (χ3v) is 2.90. The molecule has 2 nitrogen and oxygen atoms in total. The summed E-state index contributed by atoms with van der Waals surface area (Å²) in [6, 6.07) is 0. The van der Waals surface area contributed by atoms with Crippen molar-refractivity contribution >= 4 is 11.6 Å². The number of rotatable bonds is 0. The van der Waals surface area contributed by atoms with E-state index in [1.54, 1.807) is 6.33 Å². The van der Waals surface area contributed by atoms with Crippen molar-refractivity contribution in [3.63, 3.8) is 0 Å². The van der Waals surface area contributed by atoms with Gasteiger partial charge in [0.1, 0.15) is 11.5 Å². The van der Waals surface area contributed by atoms with Gasteiger partial charge in [-0.05, 0) is 25.7 Å². The van der Waals surface area contributed by atoms with Crippen LogP contribution < -0.4 is 0 Å². The SMILES string of the molecule is Clc1ncnc2c1CCCCCC2. The summed E-state index contributed by atoms with van der Waals surface area (Å²) in [7, 11) is 0. The molecule has 1 aliphatic rings. The third kappa shape index (κ3) is 1.99. The highest BCUT2D eigenvalue weighted by Crippen LogP contribution is 2.22. The molecule has 0 unspecified atom stereocenters. The molecule has 0 aliphatic heterocycles. The molecule has 0 saturated carbocycles. The molecule has 0 bridgehead atoms. The van der Waals surface area contributed by atoms with Crippen LogP contribution in [0.4, 0.5) is 0 Å². The van der Waals surface area contributed by atoms with Gasteiger partial charge in [-0.25, -0.2) is 9.97 Å². The van der Waals surface area contributed by atoms with Crippen molar-refractivity contribution in [3.8, 4) is 0 Å². The molecule has 1 aromatic rings. The van der Waals surface area contributed by atoms with E-state index in [4.69, 9.17) is 11.6 Å². The number of aromatic nitrogens is 2. The van der Waals surface area contributed by atoms with Crippen LogP contribution in [0.3, 0.4) is 0 Å². The van der Waals surface area contributed by atoms with E-state index < -0.39 is 0 Å². The number of nitrogens with zero attached hydrogens (tertiary/aromatic N) is 2. The summed E-state index contributed by atoms with van der Waals surface area (Å²) in [5, 5.41) is 0.659. The van der Waals surface area contributed by atoms with E-state index in [0.29, 0.717) is 5.15 Å². The fourth-order valence-electron chi connectivity index (χ4n) is 1.83. The average molecular weight is 197 g/mol. The van der Waals surface area contributed by atoms with Crippen LogP contribution in [0.15, 0.2) is 6.33 Å². The zero-order valence-corrected chi connectivity index (χ0v) is 8.35. The molecule has 0 N–H and O–H groups in total. The monoisotopic (exact) mass is 196 g/mol. The van der Waals surface area contributed by atoms with Crippen LogP contribution in [-0.2, 0) is 12.8 Å². The Labute approximate surface area is 83.4 Å². The van der Waals surface area contributed by atoms with Crippen LogP contribution in [0.5, 0.6) is 0 Å². The summed E-state index contributed by atoms with van der Waals surface area (Å²) in [5.74, 6) is 0. The van der Waals surface area contributed by atoms with Gasteiger partial charge in [0.05, 0.1) is 0 Å². The Bertz CT molecular complexity index is 299. The number of hydrogen-bond donors (Lipinski definition) is 0. The minimum atomic E-state index is 0.659. The van der Waals surface area contributed by atoms with E-state index >= 15 is 0 Å². The number of halogens is 1. The first-order valence-corrected chi connectivity index (χ1v) is 5.24. The predicted octanol–water partition coefficient (Wildman–Crippen LogP) is 2.79. The molecule has 0 atom stereocenters. The van der Waals surface area contributed by atoms with Crippen LogP contribution in [0.2, 0.25) is 5.15 Å². The highest BCUT2D eigenvalue weighted by Gasteiger charge is 2.11. The third-order valence-electron chi connectivity index (χ3n) is 2.57. The maximum Gasteiger partial charge on any atom is 0.135 e. The standard InChI is InChI=1S/C10H13ClN2/c11-10-8-5-3-1-2-4-6-9(8)12-7-13-10/h7H,1-6H2. The van der Waals surface area contributed by atoms with Gasteiger partial charge >= 0.3 is 0 Å². The molecule has 70 valence electrons. The van der Waals surface area contributed by atoms with Crippen molar-refractivity contribution in [1.82, 2.24) is 9.97 Å². The summed E-state index contributed by atoms with van der Waals surface area (Å²) in [6.45, 7) is 0. The Hall–Kier alpha value is -0.630. The minimum absolute atomic E-state index is 0.659. The van der Waals surface area contributed by atoms with E-state index in [1.807, 2.05) is 0 Å². The molecule has 0 saturated heterocycles. The normalized spacial score (nSPS) is 17.3. The summed E-state index contributed by atoms with van der Waals surface area (Å²) in [4.78, 5) is 8.31. The van der Waals surface area contributed by atoms with E-state index in [2.05, 4.69) is 9.97 Å². The van der Waals surface area contributed by atoms with Crippen LogP contribution >= 0.6 is 11.6 Å². The molecular formula is C10H13ClN2. The smallest absolute Gasteiger partial charge is 0.135 e. The van der Waals surface area contributed by atoms with Crippen molar-refractivity contribution < 1.29 is 0 Å². The van der Waals surface area contributed by atoms with E-state index in [9.17, 15) is 0 Å². The molecular weight excluding hydrogens is 184 g/mol. The summed E-state index contributed by atoms with van der Waals surface area (Å²) >= 11 is 6.02. The number of hydrogen-bond acceptors (Lipinski definition) is 2. The topological polar surface area (TPSA) is 25.8 Å². The van der Waals surface area contributed by atoms with Crippen molar-refractivity contribution in [2.45, 2.75) is 38.5 Å². The molecule has 3 heteroatoms. The van der Waals surface area contributed by atoms with E-state index in [-0.39, 0.29) is 0 Å². The van der Waals surface area contributed by atoms with Gasteiger partial charge in [-0.1, -0.05) is 24.4 Å². The fourth-order valence-corrected chi connectivity index (χ4v) is 2.08. The zero-order valence-electron chi connectivity index (χ0n) is 7.59. The number of aryl methyl sites for hydroxylation is 1. The van der Waals surface area contributed by atoms with Gasteiger partial charge in [-0.3, -0.25) is 0 Å². The maximum absolute atomic E-state index is 6.02. The first-order valence-electron chi connectivity index (χ1n) is 4.86. The fraction of sp³-hybridized carbons (Fsp3) is 0.600. The average Bonchev–Trinajstić information content (AvgIpc) is 2.07. The molecule has 0 spiro atoms. The molecule has 0 fully saturated rings. The van der Waals surface area contributed by atoms with Crippen molar-refractivity contribution in [3.05, 3.63) is 22.7 Å². The van der Waals surface area contributed by atoms with Gasteiger partial charge in [-0.15, -0.1) is 0 Å². The van der Waals surface area contributed by atoms with Gasteiger partial charge in [-0.2, -0.15) is 0 Å². The second-order valence-electron chi connectivity index (χ2n) is 3.50. The molecule has 0 aromatic carbocycles. The van der Waals surface area contributed by atoms with E-state index in [0.717, 1.165) is 12.8 Å². The van der Waals surface area contributed by atoms with E-state index in [1.165, 1.54) is 36.9 Å². The summed E-state index contributed by atoms with van der Waals surface area (Å²) in [6.07, 6.45) is 8.78. The lowest BCUT2D eigenvalue weighted by Crippen LogP contribution is -2.04. The zero-order chi connectivity index (χ0) is 9.10. The number of fused-ring (bicyclic) bond motifs is 1. The molecule has 13 heavy (non-hydrogen) atoms. The van der Waals surface area contributed by atoms with Crippen LogP contribution in [0.1, 0.15) is 36.9 Å². The molecule has 0 amide bonds. The van der Waals surface area contributed by atoms with Crippen molar-refractivity contribution in [2.24, 2.45) is 0 Å². The first-order chi connectivity index (χ1) is 6.38. The summed E-state index contributed by atoms with van der Waals surface area (Å²) < 4.78 is 0. The Balaban J connectivity index is 2.33. The lowest BCUT2D eigenvalue weighted by atomic mass is 9.98. The van der Waals surface area contributed by atoms with Gasteiger partial charge in [0.25, 0.3) is 0 Å². The lowest BCUT2D eigenvalue weighted by Gasteiger charge is -2.12. The first kappa shape index (κ1) is 8.95. The Kier molecular flexibility index (Phi) is 2.79. The van der Waals surface area contributed by atoms with Crippen molar-refractivity contribution in [1.29, 1.82) is 0 Å². The van der Waals surface area contributed by atoms with Crippen LogP contribution in [0.25, 0.3) is 0 Å². The maximum atomic E-state index is 6.02. The van der Waals surface area contributed by atoms with Crippen LogP contribution in [-0.4, -0.2) is 9.97 Å².